The molecule has 0 aromatic carbocycles. The third kappa shape index (κ3) is 4.05. The summed E-state index contributed by atoms with van der Waals surface area (Å²) < 4.78 is 9.03. The summed E-state index contributed by atoms with van der Waals surface area (Å²) >= 11 is 0. The van der Waals surface area contributed by atoms with Crippen LogP contribution in [0.2, 0.25) is 0 Å². The van der Waals surface area contributed by atoms with Gasteiger partial charge in [0.25, 0.3) is 5.91 Å². The lowest BCUT2D eigenvalue weighted by Gasteiger charge is -2.15. The molecule has 0 aliphatic carbocycles. The maximum atomic E-state index is 12.7. The normalized spacial score (nSPS) is 11.1. The van der Waals surface area contributed by atoms with Crippen molar-refractivity contribution < 1.29 is 14.1 Å². The second kappa shape index (κ2) is 7.90. The van der Waals surface area contributed by atoms with Crippen LogP contribution in [0.5, 0.6) is 0 Å². The van der Waals surface area contributed by atoms with Gasteiger partial charge in [-0.25, -0.2) is 0 Å². The lowest BCUT2D eigenvalue weighted by molar-refractivity contribution is -0.386. The third-order valence-electron chi connectivity index (χ3n) is 4.83. The quantitative estimate of drug-likeness (QED) is 0.445. The summed E-state index contributed by atoms with van der Waals surface area (Å²) in [5, 5.41) is 19.7. The van der Waals surface area contributed by atoms with Gasteiger partial charge in [0.15, 0.2) is 5.76 Å². The number of aromatic nitrogens is 4. The number of nitro groups is 1. The van der Waals surface area contributed by atoms with Crippen molar-refractivity contribution in [2.45, 2.75) is 47.3 Å². The van der Waals surface area contributed by atoms with Gasteiger partial charge in [-0.15, -0.1) is 0 Å². The van der Waals surface area contributed by atoms with Crippen LogP contribution in [0, 0.1) is 30.9 Å². The fourth-order valence-electron chi connectivity index (χ4n) is 3.22. The van der Waals surface area contributed by atoms with E-state index in [0.29, 0.717) is 23.7 Å². The van der Waals surface area contributed by atoms with Gasteiger partial charge in [0.1, 0.15) is 17.1 Å². The van der Waals surface area contributed by atoms with E-state index in [1.807, 2.05) is 24.7 Å². The highest BCUT2D eigenvalue weighted by atomic mass is 16.6. The molecule has 3 aromatic heterocycles. The van der Waals surface area contributed by atoms with E-state index in [0.717, 1.165) is 17.8 Å². The van der Waals surface area contributed by atoms with Gasteiger partial charge in [-0.2, -0.15) is 10.2 Å². The summed E-state index contributed by atoms with van der Waals surface area (Å²) in [6, 6.07) is 3.29. The van der Waals surface area contributed by atoms with Crippen molar-refractivity contribution in [3.8, 4) is 0 Å². The Morgan fingerprint density at radius 2 is 1.97 bits per heavy atom. The zero-order chi connectivity index (χ0) is 21.3. The first kappa shape index (κ1) is 20.3. The van der Waals surface area contributed by atoms with Crippen LogP contribution in [0.4, 0.5) is 5.69 Å². The fraction of sp³-hybridized carbons (Fsp3) is 0.421. The first-order valence-corrected chi connectivity index (χ1v) is 9.26. The molecule has 0 atom stereocenters. The average molecular weight is 400 g/mol. The lowest BCUT2D eigenvalue weighted by atomic mass is 10.2. The summed E-state index contributed by atoms with van der Waals surface area (Å²) in [6.45, 7) is 8.55. The van der Waals surface area contributed by atoms with Crippen molar-refractivity contribution >= 4 is 11.6 Å². The minimum absolute atomic E-state index is 0.00409. The molecule has 3 aromatic rings. The molecule has 0 saturated carbocycles. The maximum absolute atomic E-state index is 12.7. The molecule has 29 heavy (non-hydrogen) atoms. The molecule has 3 heterocycles. The summed E-state index contributed by atoms with van der Waals surface area (Å²) in [5.74, 6) is 0.454. The molecule has 10 heteroatoms. The molecule has 0 unspecified atom stereocenters. The molecule has 0 N–H and O–H groups in total. The van der Waals surface area contributed by atoms with Crippen molar-refractivity contribution in [2.24, 2.45) is 0 Å². The number of nitrogens with zero attached hydrogens (tertiary/aromatic N) is 6. The summed E-state index contributed by atoms with van der Waals surface area (Å²) in [4.78, 5) is 25.0. The highest BCUT2D eigenvalue weighted by molar-refractivity contribution is 5.91. The van der Waals surface area contributed by atoms with Crippen LogP contribution in [-0.4, -0.2) is 42.3 Å². The van der Waals surface area contributed by atoms with Gasteiger partial charge < -0.3 is 9.32 Å². The lowest BCUT2D eigenvalue weighted by Crippen LogP contribution is -2.26. The molecule has 10 nitrogen and oxygen atoms in total. The van der Waals surface area contributed by atoms with E-state index in [2.05, 4.69) is 10.2 Å². The minimum Gasteiger partial charge on any atom is -0.454 e. The Bertz CT molecular complexity index is 1060. The minimum atomic E-state index is -0.442. The van der Waals surface area contributed by atoms with Crippen molar-refractivity contribution in [3.63, 3.8) is 0 Å². The molecule has 0 aliphatic rings. The SMILES string of the molecule is CCn1cc(CN(C)C(=O)c2ccc(Cn3nc(C)c([N+](=O)[O-])c3C)o2)c(C)n1. The Balaban J connectivity index is 1.72. The molecular formula is C19H24N6O4. The van der Waals surface area contributed by atoms with Crippen LogP contribution >= 0.6 is 0 Å². The second-order valence-corrected chi connectivity index (χ2v) is 6.96. The Morgan fingerprint density at radius 3 is 2.55 bits per heavy atom. The van der Waals surface area contributed by atoms with Gasteiger partial charge in [0, 0.05) is 31.9 Å². The summed E-state index contributed by atoms with van der Waals surface area (Å²) in [6.07, 6.45) is 1.93. The van der Waals surface area contributed by atoms with E-state index in [4.69, 9.17) is 4.42 Å². The van der Waals surface area contributed by atoms with Gasteiger partial charge in [-0.1, -0.05) is 0 Å². The number of hydrogen-bond donors (Lipinski definition) is 0. The summed E-state index contributed by atoms with van der Waals surface area (Å²) in [7, 11) is 1.71. The molecule has 0 radical (unpaired) electrons. The molecule has 0 spiro atoms. The first-order chi connectivity index (χ1) is 13.7. The predicted octanol–water partition coefficient (Wildman–Crippen LogP) is 2.85. The van der Waals surface area contributed by atoms with E-state index >= 15 is 0 Å². The second-order valence-electron chi connectivity index (χ2n) is 6.96. The van der Waals surface area contributed by atoms with Crippen LogP contribution in [-0.2, 0) is 19.6 Å². The predicted molar refractivity (Wildman–Crippen MR) is 105 cm³/mol. The summed E-state index contributed by atoms with van der Waals surface area (Å²) in [5.41, 5.74) is 2.65. The zero-order valence-corrected chi connectivity index (χ0v) is 17.2. The van der Waals surface area contributed by atoms with E-state index in [-0.39, 0.29) is 23.9 Å². The molecule has 0 saturated heterocycles. The molecule has 0 fully saturated rings. The van der Waals surface area contributed by atoms with E-state index in [1.165, 1.54) is 4.68 Å². The first-order valence-electron chi connectivity index (χ1n) is 9.26. The number of carbonyl (C=O) groups is 1. The van der Waals surface area contributed by atoms with E-state index in [1.54, 1.807) is 37.9 Å². The highest BCUT2D eigenvalue weighted by Gasteiger charge is 2.23. The van der Waals surface area contributed by atoms with Crippen molar-refractivity contribution in [2.75, 3.05) is 7.05 Å². The Hall–Kier alpha value is -3.43. The van der Waals surface area contributed by atoms with Gasteiger partial charge in [-0.3, -0.25) is 24.3 Å². The van der Waals surface area contributed by atoms with Crippen LogP contribution in [0.3, 0.4) is 0 Å². The Morgan fingerprint density at radius 1 is 1.24 bits per heavy atom. The van der Waals surface area contributed by atoms with Crippen LogP contribution in [0.25, 0.3) is 0 Å². The molecular weight excluding hydrogens is 376 g/mol. The van der Waals surface area contributed by atoms with Crippen molar-refractivity contribution in [1.82, 2.24) is 24.5 Å². The number of rotatable bonds is 7. The number of hydrogen-bond acceptors (Lipinski definition) is 6. The number of aryl methyl sites for hydroxylation is 3. The number of amides is 1. The van der Waals surface area contributed by atoms with E-state index in [9.17, 15) is 14.9 Å². The zero-order valence-electron chi connectivity index (χ0n) is 17.2. The van der Waals surface area contributed by atoms with Gasteiger partial charge >= 0.3 is 5.69 Å². The number of carbonyl (C=O) groups excluding carboxylic acids is 1. The van der Waals surface area contributed by atoms with Gasteiger partial charge in [-0.05, 0) is 39.8 Å². The maximum Gasteiger partial charge on any atom is 0.312 e. The molecule has 0 aliphatic heterocycles. The smallest absolute Gasteiger partial charge is 0.312 e. The van der Waals surface area contributed by atoms with E-state index < -0.39 is 4.92 Å². The number of furan rings is 1. The van der Waals surface area contributed by atoms with Crippen LogP contribution in [0.15, 0.2) is 22.7 Å². The molecule has 0 bridgehead atoms. The standard InChI is InChI=1S/C19H24N6O4/c1-6-23-10-15(12(2)20-23)9-22(5)19(26)17-8-7-16(29-17)11-24-14(4)18(25(27)28)13(3)21-24/h7-8,10H,6,9,11H2,1-5H3. The largest absolute Gasteiger partial charge is 0.454 e. The van der Waals surface area contributed by atoms with Crippen molar-refractivity contribution in [1.29, 1.82) is 0 Å². The fourth-order valence-corrected chi connectivity index (χ4v) is 3.22. The van der Waals surface area contributed by atoms with Crippen LogP contribution < -0.4 is 0 Å². The molecule has 154 valence electrons. The van der Waals surface area contributed by atoms with Gasteiger partial charge in [0.05, 0.1) is 17.2 Å². The topological polar surface area (TPSA) is 112 Å². The molecule has 1 amide bonds. The van der Waals surface area contributed by atoms with Gasteiger partial charge in [0.2, 0.25) is 0 Å². The monoisotopic (exact) mass is 400 g/mol. The highest BCUT2D eigenvalue weighted by Crippen LogP contribution is 2.23. The van der Waals surface area contributed by atoms with Crippen molar-refractivity contribution in [3.05, 3.63) is 62.6 Å². The van der Waals surface area contributed by atoms with Crippen LogP contribution in [0.1, 0.15) is 45.9 Å². The average Bonchev–Trinajstić information content (AvgIpc) is 3.33. The molecule has 3 rings (SSSR count). The third-order valence-corrected chi connectivity index (χ3v) is 4.83. The Kier molecular flexibility index (Phi) is 5.53. The Labute approximate surface area is 167 Å².